The highest BCUT2D eigenvalue weighted by Gasteiger charge is 2.61. The Kier molecular flexibility index (Phi) is 2.74. The van der Waals surface area contributed by atoms with Crippen LogP contribution in [-0.4, -0.2) is 44.1 Å². The molecule has 0 aliphatic carbocycles. The summed E-state index contributed by atoms with van der Waals surface area (Å²) in [5, 5.41) is 13.6. The van der Waals surface area contributed by atoms with Crippen molar-refractivity contribution in [3.63, 3.8) is 0 Å². The Balaban J connectivity index is 2.21. The van der Waals surface area contributed by atoms with Gasteiger partial charge >= 0.3 is 0 Å². The molecule has 0 bridgehead atoms. The zero-order chi connectivity index (χ0) is 13.0. The van der Waals surface area contributed by atoms with Gasteiger partial charge in [-0.05, 0) is 26.1 Å². The number of carboxylic acid groups (broad SMARTS) is 1. The van der Waals surface area contributed by atoms with Gasteiger partial charge in [-0.15, -0.1) is 11.8 Å². The second-order valence-corrected chi connectivity index (χ2v) is 6.78. The Labute approximate surface area is 108 Å². The molecule has 2 rings (SSSR count). The number of hydrogen-bond donors (Lipinski definition) is 2. The van der Waals surface area contributed by atoms with Gasteiger partial charge in [-0.25, -0.2) is 0 Å². The van der Waals surface area contributed by atoms with E-state index in [1.54, 1.807) is 13.8 Å². The minimum Gasteiger partial charge on any atom is -0.548 e. The van der Waals surface area contributed by atoms with Crippen LogP contribution < -0.4 is 16.2 Å². The molecule has 0 aromatic carbocycles. The summed E-state index contributed by atoms with van der Waals surface area (Å²) in [4.78, 5) is 24.2. The number of thiocarbonyl (C=S) groups is 1. The first kappa shape index (κ1) is 12.4. The molecule has 0 radical (unpaired) electrons. The number of thioether (sulfide) groups is 1. The molecule has 17 heavy (non-hydrogen) atoms. The Hall–Kier alpha value is -1.02. The van der Waals surface area contributed by atoms with Crippen LogP contribution in [0.15, 0.2) is 0 Å². The quantitative estimate of drug-likeness (QED) is 0.444. The van der Waals surface area contributed by atoms with Crippen LogP contribution in [0.4, 0.5) is 0 Å². The van der Waals surface area contributed by atoms with Crippen molar-refractivity contribution in [1.82, 2.24) is 10.2 Å². The number of amides is 1. The van der Waals surface area contributed by atoms with E-state index in [0.29, 0.717) is 0 Å². The molecule has 6 nitrogen and oxygen atoms in total. The van der Waals surface area contributed by atoms with E-state index in [1.807, 2.05) is 0 Å². The van der Waals surface area contributed by atoms with Crippen LogP contribution >= 0.6 is 24.0 Å². The maximum absolute atomic E-state index is 11.8. The fourth-order valence-corrected chi connectivity index (χ4v) is 4.03. The third kappa shape index (κ3) is 1.75. The number of fused-ring (bicyclic) bond motifs is 1. The van der Waals surface area contributed by atoms with Gasteiger partial charge in [0.25, 0.3) is 0 Å². The summed E-state index contributed by atoms with van der Waals surface area (Å²) in [6, 6.07) is -1.43. The molecule has 1 amide bonds. The van der Waals surface area contributed by atoms with Crippen LogP contribution in [0.2, 0.25) is 0 Å². The molecule has 8 heteroatoms. The summed E-state index contributed by atoms with van der Waals surface area (Å²) < 4.78 is -0.578. The topological polar surface area (TPSA) is 98.5 Å². The number of nitrogens with one attached hydrogen (secondary N) is 1. The first-order valence-electron chi connectivity index (χ1n) is 5.02. The Morgan fingerprint density at radius 1 is 1.65 bits per heavy atom. The Morgan fingerprint density at radius 3 is 2.71 bits per heavy atom. The first-order chi connectivity index (χ1) is 7.75. The van der Waals surface area contributed by atoms with Gasteiger partial charge in [-0.1, -0.05) is 0 Å². The third-order valence-electron chi connectivity index (χ3n) is 2.96. The van der Waals surface area contributed by atoms with Gasteiger partial charge in [0.2, 0.25) is 5.91 Å². The van der Waals surface area contributed by atoms with E-state index < -0.39 is 22.8 Å². The summed E-state index contributed by atoms with van der Waals surface area (Å²) in [5.41, 5.74) is 5.32. The molecule has 2 fully saturated rings. The molecule has 2 aliphatic heterocycles. The summed E-state index contributed by atoms with van der Waals surface area (Å²) in [7, 11) is 0. The molecule has 0 spiro atoms. The van der Waals surface area contributed by atoms with Crippen molar-refractivity contribution in [2.45, 2.75) is 36.1 Å². The van der Waals surface area contributed by atoms with E-state index in [2.05, 4.69) is 17.5 Å². The molecular weight excluding hydrogens is 262 g/mol. The molecule has 3 atom stereocenters. The molecule has 2 heterocycles. The molecule has 3 N–H and O–H groups in total. The highest BCUT2D eigenvalue weighted by atomic mass is 32.2. The van der Waals surface area contributed by atoms with Crippen LogP contribution in [0.1, 0.15) is 13.8 Å². The van der Waals surface area contributed by atoms with Gasteiger partial charge in [0.15, 0.2) is 5.11 Å². The average Bonchev–Trinajstić information content (AvgIpc) is 2.43. The van der Waals surface area contributed by atoms with E-state index in [-0.39, 0.29) is 16.4 Å². The zero-order valence-corrected chi connectivity index (χ0v) is 10.9. The van der Waals surface area contributed by atoms with Gasteiger partial charge in [0, 0.05) is 4.75 Å². The van der Waals surface area contributed by atoms with Crippen molar-refractivity contribution in [2.24, 2.45) is 5.73 Å². The minimum absolute atomic E-state index is 0.0401. The lowest BCUT2D eigenvalue weighted by Gasteiger charge is -2.45. The van der Waals surface area contributed by atoms with E-state index in [1.165, 1.54) is 16.7 Å². The first-order valence-corrected chi connectivity index (χ1v) is 6.31. The normalized spacial score (nSPS) is 33.9. The van der Waals surface area contributed by atoms with Crippen LogP contribution in [0.5, 0.6) is 0 Å². The van der Waals surface area contributed by atoms with Gasteiger partial charge < -0.3 is 25.9 Å². The van der Waals surface area contributed by atoms with Gasteiger partial charge in [0.05, 0.1) is 12.0 Å². The van der Waals surface area contributed by atoms with Crippen molar-refractivity contribution in [3.8, 4) is 0 Å². The molecule has 0 saturated carbocycles. The molecular formula is C9H12N3O3S2-. The van der Waals surface area contributed by atoms with E-state index in [0.717, 1.165) is 0 Å². The standard InChI is InChI=1S/C9H13N3O3S2/c1-9(2)4(7(14)15)12-5(13)3(6(12)17-9)11-8(10)16/h3-4,6H,1-2H3,(H,14,15)(H3,10,11,16)/p-1. The zero-order valence-electron chi connectivity index (χ0n) is 9.30. The Morgan fingerprint density at radius 2 is 2.24 bits per heavy atom. The third-order valence-corrected chi connectivity index (χ3v) is 4.65. The number of carboxylic acids is 1. The molecule has 0 aromatic heterocycles. The predicted octanol–water partition coefficient (Wildman–Crippen LogP) is -2.00. The SMILES string of the molecule is CC1(C)SC2C(NC(N)=S)C(=O)N2C1C(=O)[O-]. The summed E-state index contributed by atoms with van der Waals surface area (Å²) >= 11 is 6.10. The highest BCUT2D eigenvalue weighted by Crippen LogP contribution is 2.50. The fraction of sp³-hybridized carbons (Fsp3) is 0.667. The number of rotatable bonds is 2. The van der Waals surface area contributed by atoms with Crippen LogP contribution in [0, 0.1) is 0 Å². The number of aliphatic carboxylic acids is 1. The maximum atomic E-state index is 11.8. The summed E-state index contributed by atoms with van der Waals surface area (Å²) in [5.74, 6) is -1.53. The molecule has 0 aromatic rings. The van der Waals surface area contributed by atoms with Crippen LogP contribution in [0.3, 0.4) is 0 Å². The second-order valence-electron chi connectivity index (χ2n) is 4.57. The van der Waals surface area contributed by atoms with Gasteiger partial charge in [-0.2, -0.15) is 0 Å². The molecule has 94 valence electrons. The number of carbonyl (C=O) groups excluding carboxylic acids is 2. The second kappa shape index (κ2) is 3.74. The number of carbonyl (C=O) groups is 2. The molecule has 2 saturated heterocycles. The average molecular weight is 274 g/mol. The summed E-state index contributed by atoms with van der Waals surface area (Å²) in [6.45, 7) is 3.56. The lowest BCUT2D eigenvalue weighted by molar-refractivity contribution is -0.312. The summed E-state index contributed by atoms with van der Waals surface area (Å²) in [6.07, 6.45) is 0. The smallest absolute Gasteiger partial charge is 0.249 e. The number of β-lactam (4-membered cyclic amide) rings is 1. The lowest BCUT2D eigenvalue weighted by atomic mass is 9.96. The fourth-order valence-electron chi connectivity index (χ4n) is 2.28. The Bertz CT molecular complexity index is 412. The van der Waals surface area contributed by atoms with Crippen LogP contribution in [-0.2, 0) is 9.59 Å². The van der Waals surface area contributed by atoms with Gasteiger partial charge in [0.1, 0.15) is 11.4 Å². The molecule has 3 unspecified atom stereocenters. The molecule has 2 aliphatic rings. The van der Waals surface area contributed by atoms with Crippen molar-refractivity contribution >= 4 is 41.0 Å². The van der Waals surface area contributed by atoms with Crippen molar-refractivity contribution in [3.05, 3.63) is 0 Å². The van der Waals surface area contributed by atoms with Gasteiger partial charge in [-0.3, -0.25) is 4.79 Å². The monoisotopic (exact) mass is 274 g/mol. The maximum Gasteiger partial charge on any atom is 0.249 e. The van der Waals surface area contributed by atoms with E-state index >= 15 is 0 Å². The number of nitrogens with zero attached hydrogens (tertiary/aromatic N) is 1. The minimum atomic E-state index is -1.23. The predicted molar refractivity (Wildman–Crippen MR) is 64.8 cm³/mol. The van der Waals surface area contributed by atoms with Crippen molar-refractivity contribution in [2.75, 3.05) is 0 Å². The largest absolute Gasteiger partial charge is 0.548 e. The number of hydrogen-bond acceptors (Lipinski definition) is 5. The number of nitrogens with two attached hydrogens (primary N) is 1. The van der Waals surface area contributed by atoms with Crippen molar-refractivity contribution in [1.29, 1.82) is 0 Å². The van der Waals surface area contributed by atoms with E-state index in [4.69, 9.17) is 5.73 Å². The van der Waals surface area contributed by atoms with E-state index in [9.17, 15) is 14.7 Å². The van der Waals surface area contributed by atoms with Crippen LogP contribution in [0.25, 0.3) is 0 Å². The lowest BCUT2D eigenvalue weighted by Crippen LogP contribution is -2.72. The van der Waals surface area contributed by atoms with Crippen molar-refractivity contribution < 1.29 is 14.7 Å². The highest BCUT2D eigenvalue weighted by molar-refractivity contribution is 8.01.